The lowest BCUT2D eigenvalue weighted by molar-refractivity contribution is -0.137. The largest absolute Gasteiger partial charge is 0.481 e. The molecular formula is C18H26ClN3O4. The monoisotopic (exact) mass is 383 g/mol. The lowest BCUT2D eigenvalue weighted by Crippen LogP contribution is -2.45. The number of hydrogen-bond acceptors (Lipinski definition) is 3. The number of carbonyl (C=O) groups excluding carboxylic acids is 2. The van der Waals surface area contributed by atoms with Gasteiger partial charge in [0, 0.05) is 24.2 Å². The van der Waals surface area contributed by atoms with Gasteiger partial charge in [-0.05, 0) is 44.4 Å². The summed E-state index contributed by atoms with van der Waals surface area (Å²) in [7, 11) is 0. The quantitative estimate of drug-likeness (QED) is 0.551. The number of amides is 3. The van der Waals surface area contributed by atoms with E-state index >= 15 is 0 Å². The van der Waals surface area contributed by atoms with E-state index in [9.17, 15) is 14.4 Å². The molecule has 0 saturated heterocycles. The van der Waals surface area contributed by atoms with Gasteiger partial charge in [0.1, 0.15) is 0 Å². The van der Waals surface area contributed by atoms with Crippen molar-refractivity contribution in [2.45, 2.75) is 46.1 Å². The molecule has 0 spiro atoms. The predicted octanol–water partition coefficient (Wildman–Crippen LogP) is 3.49. The van der Waals surface area contributed by atoms with Gasteiger partial charge in [-0.1, -0.05) is 25.4 Å². The number of carboxylic acids is 1. The lowest BCUT2D eigenvalue weighted by Gasteiger charge is -2.25. The van der Waals surface area contributed by atoms with Crippen LogP contribution in [0.25, 0.3) is 0 Å². The fourth-order valence-electron chi connectivity index (χ4n) is 2.12. The molecule has 144 valence electrons. The van der Waals surface area contributed by atoms with Crippen LogP contribution in [0.4, 0.5) is 10.5 Å². The number of urea groups is 1. The second kappa shape index (κ2) is 9.43. The Kier molecular flexibility index (Phi) is 7.89. The molecule has 3 amide bonds. The number of benzene rings is 1. The van der Waals surface area contributed by atoms with Crippen LogP contribution < -0.4 is 16.0 Å². The van der Waals surface area contributed by atoms with Gasteiger partial charge >= 0.3 is 12.0 Å². The van der Waals surface area contributed by atoms with Crippen LogP contribution in [0.15, 0.2) is 18.2 Å². The van der Waals surface area contributed by atoms with E-state index in [1.54, 1.807) is 26.0 Å². The molecule has 1 aromatic carbocycles. The molecular weight excluding hydrogens is 358 g/mol. The third kappa shape index (κ3) is 7.74. The smallest absolute Gasteiger partial charge is 0.319 e. The Morgan fingerprint density at radius 2 is 1.88 bits per heavy atom. The van der Waals surface area contributed by atoms with Crippen molar-refractivity contribution in [1.29, 1.82) is 0 Å². The van der Waals surface area contributed by atoms with Crippen LogP contribution in [0.3, 0.4) is 0 Å². The van der Waals surface area contributed by atoms with Gasteiger partial charge in [-0.15, -0.1) is 0 Å². The Bertz CT molecular complexity index is 674. The van der Waals surface area contributed by atoms with Crippen molar-refractivity contribution in [3.8, 4) is 0 Å². The van der Waals surface area contributed by atoms with Gasteiger partial charge < -0.3 is 21.1 Å². The molecule has 26 heavy (non-hydrogen) atoms. The summed E-state index contributed by atoms with van der Waals surface area (Å²) >= 11 is 6.14. The summed E-state index contributed by atoms with van der Waals surface area (Å²) in [5.74, 6) is -0.861. The van der Waals surface area contributed by atoms with E-state index in [0.717, 1.165) is 0 Å². The molecule has 0 saturated carbocycles. The highest BCUT2D eigenvalue weighted by Gasteiger charge is 2.21. The Labute approximate surface area is 158 Å². The molecule has 1 aromatic rings. The maximum absolute atomic E-state index is 12.1. The van der Waals surface area contributed by atoms with Gasteiger partial charge in [0.2, 0.25) is 0 Å². The average molecular weight is 384 g/mol. The summed E-state index contributed by atoms with van der Waals surface area (Å²) in [6.45, 7) is 8.01. The number of anilines is 1. The first-order valence-corrected chi connectivity index (χ1v) is 8.76. The Morgan fingerprint density at radius 1 is 1.23 bits per heavy atom. The number of hydrogen-bond donors (Lipinski definition) is 4. The van der Waals surface area contributed by atoms with Gasteiger partial charge in [0.05, 0.1) is 10.6 Å². The molecule has 0 aliphatic carbocycles. The molecule has 0 bridgehead atoms. The number of rotatable bonds is 8. The molecule has 0 aromatic heterocycles. The molecule has 7 nitrogen and oxygen atoms in total. The highest BCUT2D eigenvalue weighted by atomic mass is 35.5. The van der Waals surface area contributed by atoms with E-state index in [-0.39, 0.29) is 17.4 Å². The minimum atomic E-state index is -0.918. The molecule has 0 aliphatic rings. The Hall–Kier alpha value is -2.28. The molecule has 0 radical (unpaired) electrons. The minimum Gasteiger partial charge on any atom is -0.481 e. The standard InChI is InChI=1S/C18H26ClN3O4/c1-11(2)10-20-16(25)13-6-5-12(9-14(13)19)21-17(26)22-18(3,4)8-7-15(23)24/h5-6,9,11H,7-8,10H2,1-4H3,(H,20,25)(H,23,24)(H2,21,22,26). The van der Waals surface area contributed by atoms with Crippen molar-refractivity contribution >= 4 is 35.2 Å². The fourth-order valence-corrected chi connectivity index (χ4v) is 2.39. The van der Waals surface area contributed by atoms with Crippen molar-refractivity contribution in [3.63, 3.8) is 0 Å². The second-order valence-corrected chi connectivity index (χ2v) is 7.56. The predicted molar refractivity (Wildman–Crippen MR) is 102 cm³/mol. The topological polar surface area (TPSA) is 108 Å². The van der Waals surface area contributed by atoms with E-state index in [1.807, 2.05) is 13.8 Å². The molecule has 0 atom stereocenters. The van der Waals surface area contributed by atoms with Crippen LogP contribution in [0.5, 0.6) is 0 Å². The molecule has 0 unspecified atom stereocenters. The minimum absolute atomic E-state index is 0.0424. The van der Waals surface area contributed by atoms with E-state index < -0.39 is 17.5 Å². The van der Waals surface area contributed by atoms with Crippen molar-refractivity contribution in [2.75, 3.05) is 11.9 Å². The van der Waals surface area contributed by atoms with E-state index in [2.05, 4.69) is 16.0 Å². The summed E-state index contributed by atoms with van der Waals surface area (Å²) in [5.41, 5.74) is 0.0881. The SMILES string of the molecule is CC(C)CNC(=O)c1ccc(NC(=O)NC(C)(C)CCC(=O)O)cc1Cl. The van der Waals surface area contributed by atoms with Crippen molar-refractivity contribution in [2.24, 2.45) is 5.92 Å². The van der Waals surface area contributed by atoms with Crippen LogP contribution in [-0.4, -0.2) is 35.1 Å². The molecule has 0 fully saturated rings. The molecule has 0 aliphatic heterocycles. The summed E-state index contributed by atoms with van der Waals surface area (Å²) in [6, 6.07) is 4.15. The number of carbonyl (C=O) groups is 3. The Balaban J connectivity index is 2.68. The van der Waals surface area contributed by atoms with Crippen LogP contribution >= 0.6 is 11.6 Å². The van der Waals surface area contributed by atoms with Gasteiger partial charge in [-0.2, -0.15) is 0 Å². The molecule has 0 heterocycles. The van der Waals surface area contributed by atoms with Crippen LogP contribution in [-0.2, 0) is 4.79 Å². The number of aliphatic carboxylic acids is 1. The highest BCUT2D eigenvalue weighted by Crippen LogP contribution is 2.21. The number of carboxylic acid groups (broad SMARTS) is 1. The van der Waals surface area contributed by atoms with Crippen LogP contribution in [0.2, 0.25) is 5.02 Å². The zero-order valence-corrected chi connectivity index (χ0v) is 16.2. The number of halogens is 1. The summed E-state index contributed by atoms with van der Waals surface area (Å²) in [4.78, 5) is 34.8. The first kappa shape index (κ1) is 21.8. The fraction of sp³-hybridized carbons (Fsp3) is 0.500. The van der Waals surface area contributed by atoms with E-state index in [1.165, 1.54) is 6.07 Å². The Morgan fingerprint density at radius 3 is 2.42 bits per heavy atom. The van der Waals surface area contributed by atoms with Gasteiger partial charge in [0.15, 0.2) is 0 Å². The van der Waals surface area contributed by atoms with Crippen molar-refractivity contribution in [1.82, 2.24) is 10.6 Å². The third-order valence-electron chi connectivity index (χ3n) is 3.56. The zero-order valence-electron chi connectivity index (χ0n) is 15.5. The maximum Gasteiger partial charge on any atom is 0.319 e. The maximum atomic E-state index is 12.1. The van der Waals surface area contributed by atoms with E-state index in [0.29, 0.717) is 30.1 Å². The van der Waals surface area contributed by atoms with Gasteiger partial charge in [0.25, 0.3) is 5.91 Å². The first-order valence-electron chi connectivity index (χ1n) is 8.39. The average Bonchev–Trinajstić information content (AvgIpc) is 2.50. The molecule has 4 N–H and O–H groups in total. The summed E-state index contributed by atoms with van der Waals surface area (Å²) in [6.07, 6.45) is 0.255. The highest BCUT2D eigenvalue weighted by molar-refractivity contribution is 6.34. The third-order valence-corrected chi connectivity index (χ3v) is 3.87. The first-order chi connectivity index (χ1) is 12.0. The normalized spacial score (nSPS) is 11.2. The van der Waals surface area contributed by atoms with Gasteiger partial charge in [-0.25, -0.2) is 4.79 Å². The molecule has 8 heteroatoms. The summed E-state index contributed by atoms with van der Waals surface area (Å²) < 4.78 is 0. The van der Waals surface area contributed by atoms with Crippen molar-refractivity contribution < 1.29 is 19.5 Å². The summed E-state index contributed by atoms with van der Waals surface area (Å²) in [5, 5.41) is 17.1. The lowest BCUT2D eigenvalue weighted by atomic mass is 9.99. The van der Waals surface area contributed by atoms with Crippen LogP contribution in [0, 0.1) is 5.92 Å². The van der Waals surface area contributed by atoms with Crippen molar-refractivity contribution in [3.05, 3.63) is 28.8 Å². The zero-order chi connectivity index (χ0) is 19.9. The van der Waals surface area contributed by atoms with E-state index in [4.69, 9.17) is 16.7 Å². The number of nitrogens with one attached hydrogen (secondary N) is 3. The van der Waals surface area contributed by atoms with Crippen LogP contribution in [0.1, 0.15) is 50.9 Å². The second-order valence-electron chi connectivity index (χ2n) is 7.16. The van der Waals surface area contributed by atoms with Gasteiger partial charge in [-0.3, -0.25) is 9.59 Å². The molecule has 1 rings (SSSR count).